The molecule has 6 rings (SSSR count). The summed E-state index contributed by atoms with van der Waals surface area (Å²) in [6.07, 6.45) is 1.91. The van der Waals surface area contributed by atoms with Crippen molar-refractivity contribution < 1.29 is 26.2 Å². The molecule has 5 heteroatoms. The van der Waals surface area contributed by atoms with Crippen LogP contribution in [-0.4, -0.2) is 19.6 Å². The van der Waals surface area contributed by atoms with Crippen LogP contribution >= 0.6 is 0 Å². The molecule has 4 nitrogen and oxygen atoms in total. The van der Waals surface area contributed by atoms with Crippen molar-refractivity contribution in [3.8, 4) is 39.4 Å². The molecule has 0 atom stereocenters. The average Bonchev–Trinajstić information content (AvgIpc) is 3.40. The van der Waals surface area contributed by atoms with Crippen LogP contribution in [0.5, 0.6) is 5.75 Å². The summed E-state index contributed by atoms with van der Waals surface area (Å²) >= 11 is 0. The Morgan fingerprint density at radius 1 is 0.729 bits per heavy atom. The fourth-order valence-corrected chi connectivity index (χ4v) is 6.52. The summed E-state index contributed by atoms with van der Waals surface area (Å²) in [6, 6.07) is 27.4. The van der Waals surface area contributed by atoms with Crippen LogP contribution in [0.3, 0.4) is 0 Å². The van der Waals surface area contributed by atoms with Crippen LogP contribution in [0.4, 0.5) is 0 Å². The molecule has 1 N–H and O–H groups in total. The number of aryl methyl sites for hydroxylation is 1. The Morgan fingerprint density at radius 3 is 2.00 bits per heavy atom. The van der Waals surface area contributed by atoms with Gasteiger partial charge in [0, 0.05) is 38.3 Å². The molecule has 2 aromatic heterocycles. The van der Waals surface area contributed by atoms with E-state index in [0.29, 0.717) is 11.8 Å². The topological polar surface area (TPSA) is 50.9 Å². The molecule has 2 heterocycles. The molecule has 0 aliphatic heterocycles. The van der Waals surface area contributed by atoms with Crippen molar-refractivity contribution in [1.29, 1.82) is 0 Å². The van der Waals surface area contributed by atoms with Crippen LogP contribution in [0, 0.1) is 13.0 Å². The van der Waals surface area contributed by atoms with E-state index in [4.69, 9.17) is 9.97 Å². The zero-order valence-electron chi connectivity index (χ0n) is 30.2. The normalized spacial score (nSPS) is 12.4. The molecule has 0 aliphatic carbocycles. The Kier molecular flexibility index (Phi) is 9.58. The molecule has 0 saturated heterocycles. The van der Waals surface area contributed by atoms with Crippen molar-refractivity contribution >= 4 is 21.9 Å². The van der Waals surface area contributed by atoms with Gasteiger partial charge in [-0.3, -0.25) is 4.98 Å². The van der Waals surface area contributed by atoms with E-state index < -0.39 is 0 Å². The third kappa shape index (κ3) is 6.49. The van der Waals surface area contributed by atoms with Crippen molar-refractivity contribution in [2.75, 3.05) is 0 Å². The number of fused-ring (bicyclic) bond motifs is 2. The first-order valence-electron chi connectivity index (χ1n) is 16.9. The van der Waals surface area contributed by atoms with Crippen molar-refractivity contribution in [2.45, 2.75) is 99.0 Å². The maximum atomic E-state index is 11.2. The summed E-state index contributed by atoms with van der Waals surface area (Å²) in [4.78, 5) is 10.3. The van der Waals surface area contributed by atoms with Gasteiger partial charge in [0.25, 0.3) is 0 Å². The third-order valence-corrected chi connectivity index (χ3v) is 9.35. The van der Waals surface area contributed by atoms with Gasteiger partial charge in [-0.15, -0.1) is 34.9 Å². The molecule has 0 unspecified atom stereocenters. The maximum absolute atomic E-state index is 11.2. The van der Waals surface area contributed by atoms with Gasteiger partial charge in [-0.05, 0) is 85.7 Å². The quantitative estimate of drug-likeness (QED) is 0.176. The number of phenolic OH excluding ortho intramolecular Hbond substituents is 1. The van der Waals surface area contributed by atoms with E-state index in [-0.39, 0.29) is 37.8 Å². The molecule has 0 radical (unpaired) electrons. The molecule has 0 amide bonds. The van der Waals surface area contributed by atoms with Crippen molar-refractivity contribution in [2.24, 2.45) is 0 Å². The number of rotatable bonds is 5. The number of aromatic nitrogens is 3. The van der Waals surface area contributed by atoms with Crippen LogP contribution in [-0.2, 0) is 32.0 Å². The van der Waals surface area contributed by atoms with E-state index in [1.165, 1.54) is 22.1 Å². The molecule has 6 aromatic rings. The third-order valence-electron chi connectivity index (χ3n) is 9.35. The first-order chi connectivity index (χ1) is 22.0. The zero-order chi connectivity index (χ0) is 34.0. The molecular weight excluding hydrogens is 770 g/mol. The fourth-order valence-electron chi connectivity index (χ4n) is 6.52. The van der Waals surface area contributed by atoms with Gasteiger partial charge in [0.1, 0.15) is 11.6 Å². The minimum absolute atomic E-state index is 0. The van der Waals surface area contributed by atoms with Gasteiger partial charge in [0.05, 0.1) is 16.6 Å². The fraction of sp³-hybridized carbons (Fsp3) is 0.349. The van der Waals surface area contributed by atoms with Crippen LogP contribution in [0.2, 0.25) is 0 Å². The summed E-state index contributed by atoms with van der Waals surface area (Å²) in [5, 5.41) is 12.4. The van der Waals surface area contributed by atoms with E-state index in [2.05, 4.69) is 141 Å². The Labute approximate surface area is 300 Å². The van der Waals surface area contributed by atoms with Gasteiger partial charge in [-0.25, -0.2) is 4.98 Å². The number of para-hydroxylation sites is 1. The standard InChI is InChI=1S/C43H48N3O.Pt/c1-25(2)28-19-30(21-31(20-28)35-23-29(26(3)4)22-34-27(5)17-18-44-39(34)35)33-13-12-14-37-40(33)45-41(46(37)43(9,10)11)36-24-32(42(6,7)8)15-16-38(36)47;/h12-20,22-26,47H,1-11H3;/q-1;. The van der Waals surface area contributed by atoms with Crippen molar-refractivity contribution in [3.05, 3.63) is 101 Å². The van der Waals surface area contributed by atoms with Gasteiger partial charge in [0.2, 0.25) is 0 Å². The largest absolute Gasteiger partial charge is 0.507 e. The van der Waals surface area contributed by atoms with E-state index >= 15 is 0 Å². The van der Waals surface area contributed by atoms with E-state index in [0.717, 1.165) is 55.8 Å². The number of phenols is 1. The number of hydrogen-bond donors (Lipinski definition) is 1. The molecule has 0 saturated carbocycles. The molecule has 252 valence electrons. The summed E-state index contributed by atoms with van der Waals surface area (Å²) in [7, 11) is 0. The smallest absolute Gasteiger partial charge is 0.144 e. The number of nitrogens with zero attached hydrogens (tertiary/aromatic N) is 3. The predicted octanol–water partition coefficient (Wildman–Crippen LogP) is 11.7. The van der Waals surface area contributed by atoms with Gasteiger partial charge in [0.15, 0.2) is 0 Å². The Bertz CT molecular complexity index is 2140. The van der Waals surface area contributed by atoms with Crippen molar-refractivity contribution in [3.63, 3.8) is 0 Å². The summed E-state index contributed by atoms with van der Waals surface area (Å²) in [6.45, 7) is 24.3. The SMILES string of the molecule is Cc1ccnc2c(-c3[c-]c(-c4cccc5c4nc(-c4cc(C(C)(C)C)ccc4O)n5C(C)(C)C)cc(C(C)C)c3)cc(C(C)C)cc12.[Pt]. The number of imidazole rings is 1. The van der Waals surface area contributed by atoms with E-state index in [1.54, 1.807) is 6.07 Å². The Hall–Kier alpha value is -3.75. The van der Waals surface area contributed by atoms with E-state index in [1.807, 2.05) is 12.3 Å². The summed E-state index contributed by atoms with van der Waals surface area (Å²) < 4.78 is 2.27. The van der Waals surface area contributed by atoms with Crippen LogP contribution in [0.15, 0.2) is 72.9 Å². The number of benzene rings is 4. The average molecular weight is 818 g/mol. The van der Waals surface area contributed by atoms with Gasteiger partial charge >= 0.3 is 0 Å². The van der Waals surface area contributed by atoms with Gasteiger partial charge in [-0.2, -0.15) is 0 Å². The number of hydrogen-bond acceptors (Lipinski definition) is 3. The Balaban J connectivity index is 0.00000451. The molecule has 0 fully saturated rings. The molecule has 0 spiro atoms. The second kappa shape index (κ2) is 12.9. The van der Waals surface area contributed by atoms with Gasteiger partial charge in [-0.1, -0.05) is 95.5 Å². The van der Waals surface area contributed by atoms with Crippen molar-refractivity contribution in [1.82, 2.24) is 14.5 Å². The van der Waals surface area contributed by atoms with Crippen LogP contribution in [0.25, 0.3) is 55.6 Å². The monoisotopic (exact) mass is 817 g/mol. The maximum Gasteiger partial charge on any atom is 0.144 e. The number of aromatic hydroxyl groups is 1. The van der Waals surface area contributed by atoms with Gasteiger partial charge < -0.3 is 9.67 Å². The van der Waals surface area contributed by atoms with E-state index in [9.17, 15) is 5.11 Å². The minimum atomic E-state index is -0.290. The molecule has 48 heavy (non-hydrogen) atoms. The second-order valence-electron chi connectivity index (χ2n) is 15.7. The molecule has 0 bridgehead atoms. The first-order valence-corrected chi connectivity index (χ1v) is 16.9. The Morgan fingerprint density at radius 2 is 1.38 bits per heavy atom. The summed E-state index contributed by atoms with van der Waals surface area (Å²) in [5.41, 5.74) is 12.4. The second-order valence-corrected chi connectivity index (χ2v) is 15.7. The molecule has 0 aliphatic rings. The van der Waals surface area contributed by atoms with Crippen LogP contribution in [0.1, 0.15) is 103 Å². The molecular formula is C43H48N3OPt-. The summed E-state index contributed by atoms with van der Waals surface area (Å²) in [5.74, 6) is 1.69. The first kappa shape index (κ1) is 35.6. The predicted molar refractivity (Wildman–Crippen MR) is 198 cm³/mol. The van der Waals surface area contributed by atoms with Crippen LogP contribution < -0.4 is 0 Å². The number of pyridine rings is 1. The zero-order valence-corrected chi connectivity index (χ0v) is 32.5. The molecule has 4 aromatic carbocycles. The minimum Gasteiger partial charge on any atom is -0.507 e.